The summed E-state index contributed by atoms with van der Waals surface area (Å²) < 4.78 is 5.57. The maximum atomic E-state index is 12.1. The summed E-state index contributed by atoms with van der Waals surface area (Å²) in [5, 5.41) is 12.3. The van der Waals surface area contributed by atoms with E-state index in [0.717, 1.165) is 19.3 Å². The summed E-state index contributed by atoms with van der Waals surface area (Å²) in [7, 11) is 0. The fourth-order valence-electron chi connectivity index (χ4n) is 2.66. The summed E-state index contributed by atoms with van der Waals surface area (Å²) in [6.45, 7) is 6.20. The van der Waals surface area contributed by atoms with Crippen LogP contribution in [0.2, 0.25) is 0 Å². The average Bonchev–Trinajstić information content (AvgIpc) is 2.71. The van der Waals surface area contributed by atoms with E-state index >= 15 is 0 Å². The van der Waals surface area contributed by atoms with Crippen LogP contribution in [0.25, 0.3) is 0 Å². The zero-order chi connectivity index (χ0) is 14.8. The lowest BCUT2D eigenvalue weighted by Gasteiger charge is -2.20. The topological polar surface area (TPSA) is 58.6 Å². The fourth-order valence-corrected chi connectivity index (χ4v) is 2.66. The van der Waals surface area contributed by atoms with Gasteiger partial charge in [-0.3, -0.25) is 4.79 Å². The zero-order valence-corrected chi connectivity index (χ0v) is 12.3. The first-order valence-electron chi connectivity index (χ1n) is 7.12. The number of hydrogen-bond donors (Lipinski definition) is 2. The third-order valence-corrected chi connectivity index (χ3v) is 3.83. The van der Waals surface area contributed by atoms with Crippen molar-refractivity contribution in [3.63, 3.8) is 0 Å². The second-order valence-corrected chi connectivity index (χ2v) is 6.37. The monoisotopic (exact) mass is 277 g/mol. The predicted molar refractivity (Wildman–Crippen MR) is 77.8 cm³/mol. The summed E-state index contributed by atoms with van der Waals surface area (Å²) in [4.78, 5) is 12.1. The molecule has 2 rings (SSSR count). The Hall–Kier alpha value is -1.71. The molecule has 2 N–H and O–H groups in total. The molecule has 2 atom stereocenters. The quantitative estimate of drug-likeness (QED) is 0.889. The number of rotatable bonds is 4. The van der Waals surface area contributed by atoms with Gasteiger partial charge >= 0.3 is 0 Å². The van der Waals surface area contributed by atoms with Crippen molar-refractivity contribution in [1.82, 2.24) is 5.32 Å². The molecular formula is C16H23NO3. The van der Waals surface area contributed by atoms with Crippen LogP contribution in [0.1, 0.15) is 40.0 Å². The molecule has 1 aromatic rings. The molecule has 1 aliphatic carbocycles. The van der Waals surface area contributed by atoms with Gasteiger partial charge in [-0.1, -0.05) is 13.8 Å². The van der Waals surface area contributed by atoms with Crippen LogP contribution in [-0.2, 0) is 4.79 Å². The molecule has 1 amide bonds. The van der Waals surface area contributed by atoms with E-state index in [1.165, 1.54) is 0 Å². The highest BCUT2D eigenvalue weighted by Gasteiger charge is 2.32. The van der Waals surface area contributed by atoms with Crippen LogP contribution >= 0.6 is 0 Å². The Balaban J connectivity index is 1.85. The van der Waals surface area contributed by atoms with Gasteiger partial charge in [-0.2, -0.15) is 0 Å². The van der Waals surface area contributed by atoms with Gasteiger partial charge in [0.25, 0.3) is 5.91 Å². The molecule has 0 bridgehead atoms. The van der Waals surface area contributed by atoms with Crippen molar-refractivity contribution in [3.8, 4) is 11.5 Å². The lowest BCUT2D eigenvalue weighted by atomic mass is 9.92. The number of nitrogens with one attached hydrogen (secondary N) is 1. The van der Waals surface area contributed by atoms with Crippen molar-refractivity contribution in [2.75, 3.05) is 0 Å². The van der Waals surface area contributed by atoms with Crippen LogP contribution < -0.4 is 10.1 Å². The number of benzene rings is 1. The second kappa shape index (κ2) is 5.73. The van der Waals surface area contributed by atoms with Crippen molar-refractivity contribution < 1.29 is 14.6 Å². The van der Waals surface area contributed by atoms with Crippen LogP contribution in [0.4, 0.5) is 0 Å². The summed E-state index contributed by atoms with van der Waals surface area (Å²) in [6, 6.07) is 6.64. The Morgan fingerprint density at radius 1 is 1.40 bits per heavy atom. The molecule has 1 aliphatic rings. The van der Waals surface area contributed by atoms with Crippen LogP contribution in [0, 0.1) is 5.41 Å². The van der Waals surface area contributed by atoms with Gasteiger partial charge in [0.05, 0.1) is 0 Å². The van der Waals surface area contributed by atoms with Gasteiger partial charge in [-0.15, -0.1) is 0 Å². The lowest BCUT2D eigenvalue weighted by molar-refractivity contribution is -0.128. The lowest BCUT2D eigenvalue weighted by Crippen LogP contribution is -2.41. The number of carbonyl (C=O) groups excluding carboxylic acids is 1. The van der Waals surface area contributed by atoms with Crippen molar-refractivity contribution in [3.05, 3.63) is 24.3 Å². The number of ether oxygens (including phenoxy) is 1. The van der Waals surface area contributed by atoms with Crippen molar-refractivity contribution >= 4 is 5.91 Å². The van der Waals surface area contributed by atoms with E-state index in [-0.39, 0.29) is 17.7 Å². The molecule has 0 radical (unpaired) electrons. The number of amides is 1. The predicted octanol–water partition coefficient (Wildman–Crippen LogP) is 2.85. The first-order valence-corrected chi connectivity index (χ1v) is 7.12. The summed E-state index contributed by atoms with van der Waals surface area (Å²) in [5.41, 5.74) is 0.318. The van der Waals surface area contributed by atoms with Crippen molar-refractivity contribution in [2.45, 2.75) is 52.2 Å². The molecule has 0 aliphatic heterocycles. The molecule has 110 valence electrons. The molecule has 1 aromatic carbocycles. The fraction of sp³-hybridized carbons (Fsp3) is 0.562. The van der Waals surface area contributed by atoms with Crippen LogP contribution in [0.3, 0.4) is 0 Å². The minimum Gasteiger partial charge on any atom is -0.508 e. The van der Waals surface area contributed by atoms with Crippen LogP contribution in [0.5, 0.6) is 11.5 Å². The SMILES string of the molecule is CC(Oc1ccc(O)cc1)C(=O)NC1CCC(C)(C)C1. The van der Waals surface area contributed by atoms with Crippen LogP contribution in [0.15, 0.2) is 24.3 Å². The molecule has 1 fully saturated rings. The standard InChI is InChI=1S/C16H23NO3/c1-11(20-14-6-4-13(18)5-7-14)15(19)17-12-8-9-16(2,3)10-12/h4-7,11-12,18H,8-10H2,1-3H3,(H,17,19). The molecule has 2 unspecified atom stereocenters. The first kappa shape index (κ1) is 14.7. The Bertz CT molecular complexity index is 467. The van der Waals surface area contributed by atoms with E-state index < -0.39 is 6.10 Å². The van der Waals surface area contributed by atoms with Gasteiger partial charge in [0.15, 0.2) is 6.10 Å². The number of aromatic hydroxyl groups is 1. The summed E-state index contributed by atoms with van der Waals surface area (Å²) in [5.74, 6) is 0.681. The molecule has 0 saturated heterocycles. The minimum atomic E-state index is -0.539. The zero-order valence-electron chi connectivity index (χ0n) is 12.3. The van der Waals surface area contributed by atoms with E-state index in [0.29, 0.717) is 11.2 Å². The molecule has 0 heterocycles. The van der Waals surface area contributed by atoms with E-state index in [4.69, 9.17) is 4.74 Å². The van der Waals surface area contributed by atoms with E-state index in [1.54, 1.807) is 31.2 Å². The molecule has 4 nitrogen and oxygen atoms in total. The average molecular weight is 277 g/mol. The third kappa shape index (κ3) is 3.89. The van der Waals surface area contributed by atoms with E-state index in [2.05, 4.69) is 19.2 Å². The molecular weight excluding hydrogens is 254 g/mol. The number of hydrogen-bond acceptors (Lipinski definition) is 3. The number of carbonyl (C=O) groups is 1. The molecule has 20 heavy (non-hydrogen) atoms. The Morgan fingerprint density at radius 3 is 2.60 bits per heavy atom. The molecule has 1 saturated carbocycles. The number of phenolic OH excluding ortho intramolecular Hbond substituents is 1. The van der Waals surface area contributed by atoms with Gasteiger partial charge in [0.2, 0.25) is 0 Å². The minimum absolute atomic E-state index is 0.0826. The normalized spacial score (nSPS) is 22.2. The summed E-state index contributed by atoms with van der Waals surface area (Å²) >= 11 is 0. The van der Waals surface area contributed by atoms with Gasteiger partial charge in [-0.05, 0) is 55.9 Å². The Kier molecular flexibility index (Phi) is 4.21. The van der Waals surface area contributed by atoms with Crippen molar-refractivity contribution in [1.29, 1.82) is 0 Å². The molecule has 4 heteroatoms. The smallest absolute Gasteiger partial charge is 0.260 e. The van der Waals surface area contributed by atoms with E-state index in [1.807, 2.05) is 0 Å². The maximum Gasteiger partial charge on any atom is 0.260 e. The Labute approximate surface area is 120 Å². The van der Waals surface area contributed by atoms with Crippen molar-refractivity contribution in [2.24, 2.45) is 5.41 Å². The van der Waals surface area contributed by atoms with Gasteiger partial charge in [0.1, 0.15) is 11.5 Å². The third-order valence-electron chi connectivity index (χ3n) is 3.83. The number of phenols is 1. The summed E-state index contributed by atoms with van der Waals surface area (Å²) in [6.07, 6.45) is 2.66. The second-order valence-electron chi connectivity index (χ2n) is 6.37. The van der Waals surface area contributed by atoms with Gasteiger partial charge in [0, 0.05) is 6.04 Å². The highest BCUT2D eigenvalue weighted by Crippen LogP contribution is 2.36. The van der Waals surface area contributed by atoms with E-state index in [9.17, 15) is 9.90 Å². The first-order chi connectivity index (χ1) is 9.35. The highest BCUT2D eigenvalue weighted by molar-refractivity contribution is 5.81. The molecule has 0 aromatic heterocycles. The Morgan fingerprint density at radius 2 is 2.05 bits per heavy atom. The van der Waals surface area contributed by atoms with Gasteiger partial charge in [-0.25, -0.2) is 0 Å². The maximum absolute atomic E-state index is 12.1. The highest BCUT2D eigenvalue weighted by atomic mass is 16.5. The van der Waals surface area contributed by atoms with Gasteiger partial charge < -0.3 is 15.2 Å². The van der Waals surface area contributed by atoms with Crippen LogP contribution in [-0.4, -0.2) is 23.2 Å². The largest absolute Gasteiger partial charge is 0.508 e. The molecule has 0 spiro atoms.